The van der Waals surface area contributed by atoms with Crippen molar-refractivity contribution in [1.29, 1.82) is 0 Å². The average Bonchev–Trinajstić information content (AvgIpc) is 3.24. The van der Waals surface area contributed by atoms with E-state index in [0.717, 1.165) is 51.1 Å². The van der Waals surface area contributed by atoms with Crippen LogP contribution in [0.4, 0.5) is 4.79 Å². The fourth-order valence-corrected chi connectivity index (χ4v) is 4.05. The Labute approximate surface area is 144 Å². The third kappa shape index (κ3) is 3.59. The van der Waals surface area contributed by atoms with Crippen molar-refractivity contribution in [2.45, 2.75) is 43.7 Å². The molecule has 24 heavy (non-hydrogen) atoms. The molecule has 2 fully saturated rings. The van der Waals surface area contributed by atoms with Gasteiger partial charge in [-0.15, -0.1) is 0 Å². The molecule has 1 aromatic rings. The van der Waals surface area contributed by atoms with Gasteiger partial charge in [0.2, 0.25) is 0 Å². The predicted octanol–water partition coefficient (Wildman–Crippen LogP) is 2.63. The summed E-state index contributed by atoms with van der Waals surface area (Å²) < 4.78 is 10.7. The summed E-state index contributed by atoms with van der Waals surface area (Å²) >= 11 is 0. The molecule has 0 aromatic carbocycles. The van der Waals surface area contributed by atoms with Crippen LogP contribution in [0.3, 0.4) is 0 Å². The van der Waals surface area contributed by atoms with Crippen LogP contribution in [-0.4, -0.2) is 61.8 Å². The first-order valence-corrected chi connectivity index (χ1v) is 8.94. The molecule has 2 amide bonds. The highest BCUT2D eigenvalue weighted by molar-refractivity contribution is 5.76. The summed E-state index contributed by atoms with van der Waals surface area (Å²) in [6.07, 6.45) is 6.72. The fraction of sp³-hybridized carbons (Fsp3) is 0.722. The van der Waals surface area contributed by atoms with E-state index in [1.807, 2.05) is 12.1 Å². The zero-order valence-corrected chi connectivity index (χ0v) is 14.8. The molecule has 0 aliphatic carbocycles. The van der Waals surface area contributed by atoms with E-state index in [1.165, 1.54) is 0 Å². The van der Waals surface area contributed by atoms with Crippen LogP contribution < -0.4 is 5.32 Å². The maximum atomic E-state index is 13.0. The second-order valence-electron chi connectivity index (χ2n) is 7.08. The number of carbonyl (C=O) groups is 1. The summed E-state index contributed by atoms with van der Waals surface area (Å²) in [6.45, 7) is 3.57. The van der Waals surface area contributed by atoms with E-state index in [9.17, 15) is 4.79 Å². The Morgan fingerprint density at radius 1 is 1.38 bits per heavy atom. The zero-order valence-electron chi connectivity index (χ0n) is 14.8. The van der Waals surface area contributed by atoms with Crippen LogP contribution in [0.15, 0.2) is 22.8 Å². The number of amides is 2. The quantitative estimate of drug-likeness (QED) is 0.899. The second kappa shape index (κ2) is 7.57. The van der Waals surface area contributed by atoms with Gasteiger partial charge in [-0.2, -0.15) is 0 Å². The lowest BCUT2D eigenvalue weighted by Gasteiger charge is -2.44. The lowest BCUT2D eigenvalue weighted by atomic mass is 9.85. The molecule has 1 N–H and O–H groups in total. The van der Waals surface area contributed by atoms with Gasteiger partial charge in [-0.25, -0.2) is 4.79 Å². The second-order valence-corrected chi connectivity index (χ2v) is 7.08. The van der Waals surface area contributed by atoms with E-state index in [4.69, 9.17) is 9.15 Å². The fourth-order valence-electron chi connectivity index (χ4n) is 4.05. The van der Waals surface area contributed by atoms with E-state index in [0.29, 0.717) is 13.0 Å². The van der Waals surface area contributed by atoms with Gasteiger partial charge in [-0.05, 0) is 51.3 Å². The Morgan fingerprint density at radius 2 is 2.17 bits per heavy atom. The summed E-state index contributed by atoms with van der Waals surface area (Å²) in [6, 6.07) is 3.66. The molecule has 0 radical (unpaired) electrons. The molecule has 2 aliphatic rings. The van der Waals surface area contributed by atoms with Gasteiger partial charge in [0.1, 0.15) is 5.76 Å². The highest BCUT2D eigenvalue weighted by atomic mass is 16.5. The third-order valence-electron chi connectivity index (χ3n) is 5.55. The van der Waals surface area contributed by atoms with Gasteiger partial charge in [-0.3, -0.25) is 0 Å². The van der Waals surface area contributed by atoms with Crippen LogP contribution in [-0.2, 0) is 4.74 Å². The summed E-state index contributed by atoms with van der Waals surface area (Å²) in [4.78, 5) is 17.4. The molecule has 134 valence electrons. The highest BCUT2D eigenvalue weighted by Crippen LogP contribution is 2.38. The Morgan fingerprint density at radius 3 is 2.83 bits per heavy atom. The average molecular weight is 335 g/mol. The number of urea groups is 1. The highest BCUT2D eigenvalue weighted by Gasteiger charge is 2.45. The molecule has 6 heteroatoms. The first-order chi connectivity index (χ1) is 11.6. The first-order valence-electron chi connectivity index (χ1n) is 8.94. The van der Waals surface area contributed by atoms with E-state index < -0.39 is 0 Å². The van der Waals surface area contributed by atoms with E-state index in [-0.39, 0.29) is 17.6 Å². The van der Waals surface area contributed by atoms with Crippen LogP contribution in [0.25, 0.3) is 0 Å². The Bertz CT molecular complexity index is 524. The third-order valence-corrected chi connectivity index (χ3v) is 5.55. The minimum absolute atomic E-state index is 0.0366. The minimum Gasteiger partial charge on any atom is -0.467 e. The van der Waals surface area contributed by atoms with Crippen LogP contribution >= 0.6 is 0 Å². The maximum Gasteiger partial charge on any atom is 0.318 e. The topological polar surface area (TPSA) is 58.0 Å². The van der Waals surface area contributed by atoms with Gasteiger partial charge in [0.25, 0.3) is 0 Å². The van der Waals surface area contributed by atoms with Gasteiger partial charge in [-0.1, -0.05) is 0 Å². The lowest BCUT2D eigenvalue weighted by molar-refractivity contribution is 0.0802. The Balaban J connectivity index is 1.68. The van der Waals surface area contributed by atoms with Gasteiger partial charge < -0.3 is 24.3 Å². The predicted molar refractivity (Wildman–Crippen MR) is 91.9 cm³/mol. The Kier molecular flexibility index (Phi) is 5.46. The molecule has 3 heterocycles. The van der Waals surface area contributed by atoms with Gasteiger partial charge in [0, 0.05) is 38.9 Å². The Hall–Kier alpha value is -1.53. The van der Waals surface area contributed by atoms with Crippen molar-refractivity contribution in [2.24, 2.45) is 0 Å². The van der Waals surface area contributed by atoms with Gasteiger partial charge >= 0.3 is 6.03 Å². The number of carbonyl (C=O) groups excluding carboxylic acids is 1. The number of methoxy groups -OCH3 is 1. The molecule has 0 unspecified atom stereocenters. The smallest absolute Gasteiger partial charge is 0.318 e. The first kappa shape index (κ1) is 17.3. The number of nitrogens with one attached hydrogen (secondary N) is 1. The zero-order chi connectivity index (χ0) is 17.0. The van der Waals surface area contributed by atoms with Gasteiger partial charge in [0.05, 0.1) is 12.3 Å². The number of furan rings is 1. The van der Waals surface area contributed by atoms with Crippen molar-refractivity contribution in [3.8, 4) is 0 Å². The van der Waals surface area contributed by atoms with E-state index in [1.54, 1.807) is 13.4 Å². The maximum absolute atomic E-state index is 13.0. The standard InChI is InChI=1S/C18H29N3O3/c1-20-11-8-18(9-12-20)7-4-10-21(18)17(22)19-15(6-14-23-2)16-5-3-13-24-16/h3,5,13,15H,4,6-12,14H2,1-2H3,(H,19,22)/t15-/m0/s1. The largest absolute Gasteiger partial charge is 0.467 e. The molecular weight excluding hydrogens is 306 g/mol. The normalized spacial score (nSPS) is 22.0. The summed E-state index contributed by atoms with van der Waals surface area (Å²) in [5.41, 5.74) is 0.0472. The van der Waals surface area contributed by atoms with Crippen molar-refractivity contribution in [1.82, 2.24) is 15.1 Å². The number of rotatable bonds is 5. The molecule has 2 aliphatic heterocycles. The SMILES string of the molecule is COCC[C@H](NC(=O)N1CCCC12CCN(C)CC2)c1ccco1. The van der Waals surface area contributed by atoms with Crippen molar-refractivity contribution < 1.29 is 13.9 Å². The number of ether oxygens (including phenoxy) is 1. The summed E-state index contributed by atoms with van der Waals surface area (Å²) in [5.74, 6) is 0.789. The monoisotopic (exact) mass is 335 g/mol. The van der Waals surface area contributed by atoms with Crippen molar-refractivity contribution >= 4 is 6.03 Å². The lowest BCUT2D eigenvalue weighted by Crippen LogP contribution is -2.56. The van der Waals surface area contributed by atoms with E-state index >= 15 is 0 Å². The summed E-state index contributed by atoms with van der Waals surface area (Å²) in [7, 11) is 3.83. The number of likely N-dealkylation sites (tertiary alicyclic amines) is 2. The molecular formula is C18H29N3O3. The summed E-state index contributed by atoms with van der Waals surface area (Å²) in [5, 5.41) is 3.18. The molecule has 1 spiro atoms. The van der Waals surface area contributed by atoms with Crippen LogP contribution in [0, 0.1) is 0 Å². The van der Waals surface area contributed by atoms with Crippen molar-refractivity contribution in [3.05, 3.63) is 24.2 Å². The molecule has 1 atom stereocenters. The van der Waals surface area contributed by atoms with Crippen molar-refractivity contribution in [2.75, 3.05) is 40.4 Å². The number of hydrogen-bond donors (Lipinski definition) is 1. The molecule has 0 saturated carbocycles. The molecule has 3 rings (SSSR count). The molecule has 0 bridgehead atoms. The van der Waals surface area contributed by atoms with Crippen LogP contribution in [0.2, 0.25) is 0 Å². The number of piperidine rings is 1. The number of nitrogens with zero attached hydrogens (tertiary/aromatic N) is 2. The van der Waals surface area contributed by atoms with E-state index in [2.05, 4.69) is 22.2 Å². The molecule has 1 aromatic heterocycles. The van der Waals surface area contributed by atoms with Crippen LogP contribution in [0.5, 0.6) is 0 Å². The minimum atomic E-state index is -0.142. The molecule has 6 nitrogen and oxygen atoms in total. The van der Waals surface area contributed by atoms with Crippen LogP contribution in [0.1, 0.15) is 43.9 Å². The number of hydrogen-bond acceptors (Lipinski definition) is 4. The van der Waals surface area contributed by atoms with Crippen molar-refractivity contribution in [3.63, 3.8) is 0 Å². The molecule has 2 saturated heterocycles. The van der Waals surface area contributed by atoms with Gasteiger partial charge in [0.15, 0.2) is 0 Å².